The zero-order valence-corrected chi connectivity index (χ0v) is 17.1. The smallest absolute Gasteiger partial charge is 0.308 e. The van der Waals surface area contributed by atoms with Gasteiger partial charge in [0.05, 0.1) is 12.5 Å². The fraction of sp³-hybridized carbons (Fsp3) is 0.458. The maximum Gasteiger partial charge on any atom is 0.308 e. The number of rotatable bonds is 8. The molecule has 0 amide bonds. The van der Waals surface area contributed by atoms with Gasteiger partial charge in [-0.05, 0) is 55.0 Å². The van der Waals surface area contributed by atoms with Crippen LogP contribution in [-0.2, 0) is 28.8 Å². The van der Waals surface area contributed by atoms with Gasteiger partial charge < -0.3 is 14.6 Å². The molecule has 0 radical (unpaired) electrons. The topological polar surface area (TPSA) is 55.8 Å². The Labute approximate surface area is 171 Å². The molecule has 4 nitrogen and oxygen atoms in total. The highest BCUT2D eigenvalue weighted by Gasteiger charge is 2.28. The minimum atomic E-state index is -0.670. The Morgan fingerprint density at radius 1 is 1.14 bits per heavy atom. The third kappa shape index (κ3) is 6.04. The minimum absolute atomic E-state index is 0.0467. The molecule has 156 valence electrons. The molecule has 0 aliphatic carbocycles. The Morgan fingerprint density at radius 3 is 2.48 bits per heavy atom. The molecule has 2 atom stereocenters. The van der Waals surface area contributed by atoms with E-state index in [0.29, 0.717) is 6.42 Å². The summed E-state index contributed by atoms with van der Waals surface area (Å²) in [4.78, 5) is 11.6. The molecule has 0 bridgehead atoms. The summed E-state index contributed by atoms with van der Waals surface area (Å²) in [6, 6.07) is 10.8. The predicted molar refractivity (Wildman–Crippen MR) is 110 cm³/mol. The summed E-state index contributed by atoms with van der Waals surface area (Å²) in [7, 11) is 0. The molecule has 1 aliphatic heterocycles. The zero-order chi connectivity index (χ0) is 20.8. The Balaban J connectivity index is 1.77. The van der Waals surface area contributed by atoms with Gasteiger partial charge in [-0.1, -0.05) is 43.2 Å². The van der Waals surface area contributed by atoms with Crippen molar-refractivity contribution in [2.45, 2.75) is 64.6 Å². The summed E-state index contributed by atoms with van der Waals surface area (Å²) in [5.74, 6) is 0.227. The van der Waals surface area contributed by atoms with Gasteiger partial charge in [0.25, 0.3) is 0 Å². The standard InChI is InChI=1S/C24H29FO4/c1-3-4-18-11-16(2)12-19(8-5-17-6-9-20(25)10-7-17)24(18)28-15-22-13-21(26)14-23(27)29-22/h6-7,9-12,21-22,26H,3-5,8,13-15H2,1-2H3/t21-,22+/m1/s1. The summed E-state index contributed by atoms with van der Waals surface area (Å²) in [6.45, 7) is 4.43. The molecule has 1 heterocycles. The first-order chi connectivity index (χ1) is 13.9. The van der Waals surface area contributed by atoms with Crippen molar-refractivity contribution >= 4 is 5.97 Å². The number of esters is 1. The van der Waals surface area contributed by atoms with Gasteiger partial charge >= 0.3 is 5.97 Å². The van der Waals surface area contributed by atoms with Gasteiger partial charge in [-0.15, -0.1) is 0 Å². The van der Waals surface area contributed by atoms with Crippen LogP contribution in [0.1, 0.15) is 48.4 Å². The largest absolute Gasteiger partial charge is 0.489 e. The molecular weight excluding hydrogens is 371 g/mol. The van der Waals surface area contributed by atoms with Gasteiger partial charge in [-0.25, -0.2) is 4.39 Å². The highest BCUT2D eigenvalue weighted by Crippen LogP contribution is 2.30. The molecule has 1 aliphatic rings. The van der Waals surface area contributed by atoms with Crippen LogP contribution in [0.2, 0.25) is 0 Å². The lowest BCUT2D eigenvalue weighted by Gasteiger charge is -2.27. The lowest BCUT2D eigenvalue weighted by Crippen LogP contribution is -2.36. The molecule has 0 unspecified atom stereocenters. The molecule has 2 aromatic carbocycles. The average Bonchev–Trinajstić information content (AvgIpc) is 2.66. The number of aliphatic hydroxyl groups is 1. The molecule has 1 saturated heterocycles. The highest BCUT2D eigenvalue weighted by molar-refractivity contribution is 5.71. The average molecular weight is 400 g/mol. The van der Waals surface area contributed by atoms with Gasteiger partial charge in [-0.2, -0.15) is 0 Å². The summed E-state index contributed by atoms with van der Waals surface area (Å²) >= 11 is 0. The number of aliphatic hydroxyl groups excluding tert-OH is 1. The Morgan fingerprint density at radius 2 is 1.83 bits per heavy atom. The second kappa shape index (κ2) is 9.88. The zero-order valence-electron chi connectivity index (χ0n) is 17.1. The van der Waals surface area contributed by atoms with Crippen molar-refractivity contribution in [3.8, 4) is 5.75 Å². The Bertz CT molecular complexity index is 832. The Hall–Kier alpha value is -2.40. The number of aryl methyl sites for hydroxylation is 4. The van der Waals surface area contributed by atoms with Crippen molar-refractivity contribution in [3.63, 3.8) is 0 Å². The van der Waals surface area contributed by atoms with Crippen molar-refractivity contribution in [1.29, 1.82) is 0 Å². The maximum atomic E-state index is 13.2. The minimum Gasteiger partial charge on any atom is -0.489 e. The van der Waals surface area contributed by atoms with E-state index in [-0.39, 0.29) is 24.8 Å². The van der Waals surface area contributed by atoms with Crippen LogP contribution in [0.25, 0.3) is 0 Å². The van der Waals surface area contributed by atoms with Crippen LogP contribution >= 0.6 is 0 Å². The molecule has 29 heavy (non-hydrogen) atoms. The van der Waals surface area contributed by atoms with Crippen molar-refractivity contribution in [1.82, 2.24) is 0 Å². The SMILES string of the molecule is CCCc1cc(C)cc(CCc2ccc(F)cc2)c1OC[C@@H]1C[C@@H](O)CC(=O)O1. The van der Waals surface area contributed by atoms with Gasteiger partial charge in [-0.3, -0.25) is 4.79 Å². The van der Waals surface area contributed by atoms with Crippen molar-refractivity contribution in [3.05, 3.63) is 64.5 Å². The van der Waals surface area contributed by atoms with Gasteiger partial charge in [0.15, 0.2) is 0 Å². The molecule has 0 saturated carbocycles. The second-order valence-corrected chi connectivity index (χ2v) is 7.81. The number of hydrogen-bond donors (Lipinski definition) is 1. The van der Waals surface area contributed by atoms with E-state index in [2.05, 4.69) is 26.0 Å². The van der Waals surface area contributed by atoms with E-state index in [1.54, 1.807) is 0 Å². The lowest BCUT2D eigenvalue weighted by atomic mass is 9.96. The summed E-state index contributed by atoms with van der Waals surface area (Å²) in [6.07, 6.45) is 2.77. The molecule has 1 fully saturated rings. The fourth-order valence-corrected chi connectivity index (χ4v) is 3.82. The van der Waals surface area contributed by atoms with Crippen LogP contribution < -0.4 is 4.74 Å². The van der Waals surface area contributed by atoms with E-state index in [1.165, 1.54) is 17.7 Å². The van der Waals surface area contributed by atoms with E-state index in [4.69, 9.17) is 9.47 Å². The molecule has 3 rings (SSSR count). The summed E-state index contributed by atoms with van der Waals surface area (Å²) in [5.41, 5.74) is 4.49. The van der Waals surface area contributed by atoms with Crippen LogP contribution in [0.15, 0.2) is 36.4 Å². The number of hydrogen-bond acceptors (Lipinski definition) is 4. The first kappa shape index (κ1) is 21.3. The second-order valence-electron chi connectivity index (χ2n) is 7.81. The summed E-state index contributed by atoms with van der Waals surface area (Å²) < 4.78 is 24.7. The molecule has 2 aromatic rings. The number of carbonyl (C=O) groups excluding carboxylic acids is 1. The quantitative estimate of drug-likeness (QED) is 0.671. The number of benzene rings is 2. The van der Waals surface area contributed by atoms with Gasteiger partial charge in [0.1, 0.15) is 24.3 Å². The van der Waals surface area contributed by atoms with E-state index in [0.717, 1.165) is 48.1 Å². The highest BCUT2D eigenvalue weighted by atomic mass is 19.1. The van der Waals surface area contributed by atoms with Crippen LogP contribution in [0.4, 0.5) is 4.39 Å². The van der Waals surface area contributed by atoms with E-state index >= 15 is 0 Å². The van der Waals surface area contributed by atoms with Crippen LogP contribution in [0, 0.1) is 12.7 Å². The van der Waals surface area contributed by atoms with Crippen molar-refractivity contribution < 1.29 is 23.8 Å². The van der Waals surface area contributed by atoms with Crippen LogP contribution in [-0.4, -0.2) is 29.9 Å². The third-order valence-electron chi connectivity index (χ3n) is 5.15. The van der Waals surface area contributed by atoms with E-state index in [1.807, 2.05) is 12.1 Å². The van der Waals surface area contributed by atoms with E-state index < -0.39 is 12.2 Å². The predicted octanol–water partition coefficient (Wildman–Crippen LogP) is 4.32. The van der Waals surface area contributed by atoms with E-state index in [9.17, 15) is 14.3 Å². The maximum absolute atomic E-state index is 13.2. The van der Waals surface area contributed by atoms with Crippen molar-refractivity contribution in [2.75, 3.05) is 6.61 Å². The molecule has 1 N–H and O–H groups in total. The third-order valence-corrected chi connectivity index (χ3v) is 5.15. The number of carbonyl (C=O) groups is 1. The molecule has 0 aromatic heterocycles. The first-order valence-corrected chi connectivity index (χ1v) is 10.3. The summed E-state index contributed by atoms with van der Waals surface area (Å²) in [5, 5.41) is 9.82. The molecular formula is C24H29FO4. The fourth-order valence-electron chi connectivity index (χ4n) is 3.82. The van der Waals surface area contributed by atoms with Crippen molar-refractivity contribution in [2.24, 2.45) is 0 Å². The van der Waals surface area contributed by atoms with Gasteiger partial charge in [0.2, 0.25) is 0 Å². The number of halogens is 1. The molecule has 0 spiro atoms. The Kier molecular flexibility index (Phi) is 7.26. The lowest BCUT2D eigenvalue weighted by molar-refractivity contribution is -0.162. The first-order valence-electron chi connectivity index (χ1n) is 10.3. The monoisotopic (exact) mass is 400 g/mol. The van der Waals surface area contributed by atoms with Gasteiger partial charge in [0, 0.05) is 6.42 Å². The molecule has 5 heteroatoms. The van der Waals surface area contributed by atoms with Crippen LogP contribution in [0.5, 0.6) is 5.75 Å². The van der Waals surface area contributed by atoms with Crippen LogP contribution in [0.3, 0.4) is 0 Å². The number of cyclic esters (lactones) is 1. The normalized spacial score (nSPS) is 19.1. The number of ether oxygens (including phenoxy) is 2.